The molecular formula is C11H10ClN5O3S. The molecule has 110 valence electrons. The third-order valence-electron chi connectivity index (χ3n) is 2.56. The number of hydrogen-bond donors (Lipinski definition) is 2. The Morgan fingerprint density at radius 2 is 2.24 bits per heavy atom. The number of hydrogen-bond acceptors (Lipinski definition) is 7. The average Bonchev–Trinajstić information content (AvgIpc) is 2.88. The summed E-state index contributed by atoms with van der Waals surface area (Å²) in [6.07, 6.45) is 0.701. The van der Waals surface area contributed by atoms with E-state index in [4.69, 9.17) is 17.3 Å². The highest BCUT2D eigenvalue weighted by Crippen LogP contribution is 2.31. The van der Waals surface area contributed by atoms with Gasteiger partial charge in [-0.3, -0.25) is 20.2 Å². The predicted molar refractivity (Wildman–Crippen MR) is 79.8 cm³/mol. The number of nitrogen functional groups attached to an aromatic ring is 1. The van der Waals surface area contributed by atoms with Crippen molar-refractivity contribution in [1.82, 2.24) is 10.2 Å². The second kappa shape index (κ2) is 6.02. The number of nitrogens with one attached hydrogen (secondary N) is 1. The molecule has 21 heavy (non-hydrogen) atoms. The molecule has 0 saturated carbocycles. The van der Waals surface area contributed by atoms with Crippen LogP contribution in [0.15, 0.2) is 12.1 Å². The van der Waals surface area contributed by atoms with Gasteiger partial charge >= 0.3 is 0 Å². The van der Waals surface area contributed by atoms with Crippen molar-refractivity contribution in [2.45, 2.75) is 13.3 Å². The minimum Gasteiger partial charge on any atom is -0.392 e. The predicted octanol–water partition coefficient (Wildman–Crippen LogP) is 2.50. The van der Waals surface area contributed by atoms with Crippen molar-refractivity contribution in [2.24, 2.45) is 0 Å². The summed E-state index contributed by atoms with van der Waals surface area (Å²) in [5, 5.41) is 22.1. The van der Waals surface area contributed by atoms with Crippen LogP contribution in [0.4, 0.5) is 16.5 Å². The number of benzene rings is 1. The van der Waals surface area contributed by atoms with Crippen molar-refractivity contribution in [2.75, 3.05) is 11.1 Å². The van der Waals surface area contributed by atoms with Crippen LogP contribution in [-0.4, -0.2) is 21.0 Å². The van der Waals surface area contributed by atoms with E-state index in [-0.39, 0.29) is 16.3 Å². The SMILES string of the molecule is CCc1nnc(NC(=O)c2cc(Cl)c(N)c([N+](=O)[O-])c2)s1. The van der Waals surface area contributed by atoms with Crippen LogP contribution in [0.1, 0.15) is 22.3 Å². The largest absolute Gasteiger partial charge is 0.392 e. The quantitative estimate of drug-likeness (QED) is 0.505. The van der Waals surface area contributed by atoms with E-state index < -0.39 is 16.5 Å². The first-order valence-corrected chi connectivity index (χ1v) is 6.99. The number of nitro groups is 1. The minimum absolute atomic E-state index is 0.0224. The average molecular weight is 328 g/mol. The van der Waals surface area contributed by atoms with Gasteiger partial charge in [0, 0.05) is 11.6 Å². The molecule has 0 atom stereocenters. The molecule has 8 nitrogen and oxygen atoms in total. The summed E-state index contributed by atoms with van der Waals surface area (Å²) in [6, 6.07) is 2.33. The van der Waals surface area contributed by atoms with Crippen LogP contribution in [0.2, 0.25) is 5.02 Å². The van der Waals surface area contributed by atoms with E-state index in [1.165, 1.54) is 17.4 Å². The van der Waals surface area contributed by atoms with E-state index in [1.54, 1.807) is 0 Å². The summed E-state index contributed by atoms with van der Waals surface area (Å²) in [7, 11) is 0. The number of nitrogens with two attached hydrogens (primary N) is 1. The lowest BCUT2D eigenvalue weighted by atomic mass is 10.1. The molecule has 0 aliphatic rings. The molecule has 0 bridgehead atoms. The van der Waals surface area contributed by atoms with Gasteiger partial charge in [0.25, 0.3) is 11.6 Å². The maximum absolute atomic E-state index is 12.1. The van der Waals surface area contributed by atoms with Crippen LogP contribution in [0.3, 0.4) is 0 Å². The van der Waals surface area contributed by atoms with Gasteiger partial charge in [-0.2, -0.15) is 0 Å². The van der Waals surface area contributed by atoms with Gasteiger partial charge in [-0.25, -0.2) is 0 Å². The van der Waals surface area contributed by atoms with E-state index in [0.717, 1.165) is 11.1 Å². The lowest BCUT2D eigenvalue weighted by molar-refractivity contribution is -0.383. The molecular weight excluding hydrogens is 318 g/mol. The van der Waals surface area contributed by atoms with Gasteiger partial charge in [0.05, 0.1) is 9.95 Å². The first kappa shape index (κ1) is 15.1. The summed E-state index contributed by atoms with van der Waals surface area (Å²) in [4.78, 5) is 22.2. The van der Waals surface area contributed by atoms with Gasteiger partial charge in [-0.15, -0.1) is 10.2 Å². The molecule has 0 saturated heterocycles. The van der Waals surface area contributed by atoms with Crippen molar-refractivity contribution in [3.05, 3.63) is 37.8 Å². The van der Waals surface area contributed by atoms with Gasteiger partial charge in [-0.05, 0) is 12.5 Å². The summed E-state index contributed by atoms with van der Waals surface area (Å²) in [5.41, 5.74) is 4.93. The van der Waals surface area contributed by atoms with Crippen molar-refractivity contribution >= 4 is 45.4 Å². The summed E-state index contributed by atoms with van der Waals surface area (Å²) in [6.45, 7) is 1.91. The van der Waals surface area contributed by atoms with E-state index in [9.17, 15) is 14.9 Å². The fraction of sp³-hybridized carbons (Fsp3) is 0.182. The van der Waals surface area contributed by atoms with Crippen molar-refractivity contribution in [1.29, 1.82) is 0 Å². The zero-order valence-electron chi connectivity index (χ0n) is 10.8. The Kier molecular flexibility index (Phi) is 4.34. The summed E-state index contributed by atoms with van der Waals surface area (Å²) in [5.74, 6) is -0.571. The van der Waals surface area contributed by atoms with Gasteiger partial charge < -0.3 is 5.73 Å². The second-order valence-corrected chi connectivity index (χ2v) is 5.43. The number of aromatic nitrogens is 2. The Labute approximate surface area is 128 Å². The lowest BCUT2D eigenvalue weighted by Gasteiger charge is -2.04. The first-order valence-electron chi connectivity index (χ1n) is 5.79. The molecule has 1 amide bonds. The van der Waals surface area contributed by atoms with Crippen molar-refractivity contribution in [3.8, 4) is 0 Å². The maximum atomic E-state index is 12.1. The van der Waals surface area contributed by atoms with Crippen molar-refractivity contribution in [3.63, 3.8) is 0 Å². The zero-order chi connectivity index (χ0) is 15.6. The molecule has 10 heteroatoms. The number of amides is 1. The van der Waals surface area contributed by atoms with Gasteiger partial charge in [0.1, 0.15) is 10.7 Å². The maximum Gasteiger partial charge on any atom is 0.294 e. The molecule has 0 aliphatic carbocycles. The molecule has 1 aromatic heterocycles. The molecule has 0 unspecified atom stereocenters. The van der Waals surface area contributed by atoms with Crippen molar-refractivity contribution < 1.29 is 9.72 Å². The number of carbonyl (C=O) groups excluding carboxylic acids is 1. The zero-order valence-corrected chi connectivity index (χ0v) is 12.4. The highest BCUT2D eigenvalue weighted by Gasteiger charge is 2.20. The Bertz CT molecular complexity index is 718. The number of nitrogens with zero attached hydrogens (tertiary/aromatic N) is 3. The molecule has 0 spiro atoms. The first-order chi connectivity index (χ1) is 9.92. The van der Waals surface area contributed by atoms with Crippen LogP contribution in [0.5, 0.6) is 0 Å². The fourth-order valence-electron chi connectivity index (χ4n) is 1.50. The summed E-state index contributed by atoms with van der Waals surface area (Å²) >= 11 is 7.03. The number of rotatable bonds is 4. The van der Waals surface area contributed by atoms with Crippen LogP contribution in [0.25, 0.3) is 0 Å². The smallest absolute Gasteiger partial charge is 0.294 e. The lowest BCUT2D eigenvalue weighted by Crippen LogP contribution is -2.12. The van der Waals surface area contributed by atoms with E-state index in [2.05, 4.69) is 15.5 Å². The molecule has 1 heterocycles. The highest BCUT2D eigenvalue weighted by molar-refractivity contribution is 7.15. The van der Waals surface area contributed by atoms with E-state index in [0.29, 0.717) is 11.6 Å². The van der Waals surface area contributed by atoms with Crippen LogP contribution >= 0.6 is 22.9 Å². The Morgan fingerprint density at radius 3 is 2.81 bits per heavy atom. The van der Waals surface area contributed by atoms with Crippen LogP contribution < -0.4 is 11.1 Å². The van der Waals surface area contributed by atoms with Crippen LogP contribution in [-0.2, 0) is 6.42 Å². The minimum atomic E-state index is -0.696. The molecule has 0 radical (unpaired) electrons. The number of anilines is 2. The molecule has 2 aromatic rings. The topological polar surface area (TPSA) is 124 Å². The number of aryl methyl sites for hydroxylation is 1. The fourth-order valence-corrected chi connectivity index (χ4v) is 2.39. The third-order valence-corrected chi connectivity index (χ3v) is 3.85. The third kappa shape index (κ3) is 3.26. The standard InChI is InChI=1S/C11H10ClN5O3S/c1-2-8-15-16-11(21-8)14-10(18)5-3-6(12)9(13)7(4-5)17(19)20/h3-4H,2,13H2,1H3,(H,14,16,18). The van der Waals surface area contributed by atoms with Gasteiger partial charge in [0.2, 0.25) is 5.13 Å². The van der Waals surface area contributed by atoms with Crippen LogP contribution in [0, 0.1) is 10.1 Å². The molecule has 3 N–H and O–H groups in total. The number of nitro benzene ring substituents is 1. The van der Waals surface area contributed by atoms with Gasteiger partial charge in [0.15, 0.2) is 0 Å². The summed E-state index contributed by atoms with van der Waals surface area (Å²) < 4.78 is 0. The molecule has 0 aliphatic heterocycles. The molecule has 0 fully saturated rings. The Hall–Kier alpha value is -2.26. The second-order valence-electron chi connectivity index (χ2n) is 3.96. The van der Waals surface area contributed by atoms with E-state index in [1.807, 2.05) is 6.92 Å². The van der Waals surface area contributed by atoms with E-state index >= 15 is 0 Å². The highest BCUT2D eigenvalue weighted by atomic mass is 35.5. The monoisotopic (exact) mass is 327 g/mol. The Morgan fingerprint density at radius 1 is 1.52 bits per heavy atom. The van der Waals surface area contributed by atoms with Gasteiger partial charge in [-0.1, -0.05) is 29.9 Å². The molecule has 1 aromatic carbocycles. The molecule has 2 rings (SSSR count). The Balaban J connectivity index is 2.28. The number of halogens is 1. The number of carbonyl (C=O) groups is 1. The normalized spacial score (nSPS) is 10.4.